The third-order valence-corrected chi connectivity index (χ3v) is 3.77. The maximum Gasteiger partial charge on any atom is 0.335 e. The van der Waals surface area contributed by atoms with Gasteiger partial charge in [0.05, 0.1) is 11.2 Å². The highest BCUT2D eigenvalue weighted by molar-refractivity contribution is 5.87. The molecule has 0 atom stereocenters. The Labute approximate surface area is 118 Å². The van der Waals surface area contributed by atoms with Crippen LogP contribution in [0.15, 0.2) is 24.3 Å². The van der Waals surface area contributed by atoms with E-state index >= 15 is 0 Å². The summed E-state index contributed by atoms with van der Waals surface area (Å²) in [6.07, 6.45) is 3.45. The van der Waals surface area contributed by atoms with Crippen LogP contribution in [0.3, 0.4) is 0 Å². The van der Waals surface area contributed by atoms with Crippen LogP contribution in [-0.4, -0.2) is 43.5 Å². The molecule has 1 aliphatic carbocycles. The highest BCUT2D eigenvalue weighted by atomic mass is 16.5. The Morgan fingerprint density at radius 1 is 1.45 bits per heavy atom. The van der Waals surface area contributed by atoms with Crippen LogP contribution in [0.25, 0.3) is 0 Å². The molecule has 0 amide bonds. The predicted molar refractivity (Wildman–Crippen MR) is 75.4 cm³/mol. The maximum absolute atomic E-state index is 10.8. The maximum atomic E-state index is 10.8. The number of methoxy groups -OCH3 is 1. The molecule has 2 rings (SSSR count). The standard InChI is InChI=1S/C15H21NO4/c1-19-15(6-3-7-15)11-16-8-9-20-13-5-2-4-12(10-13)14(17)18/h2,4-5,10,16H,3,6-9,11H2,1H3,(H,17,18). The summed E-state index contributed by atoms with van der Waals surface area (Å²) in [5.74, 6) is -0.364. The number of carboxylic acids is 1. The van der Waals surface area contributed by atoms with Crippen LogP contribution in [0.1, 0.15) is 29.6 Å². The number of hydrogen-bond acceptors (Lipinski definition) is 4. The molecule has 0 aromatic heterocycles. The van der Waals surface area contributed by atoms with E-state index in [-0.39, 0.29) is 11.2 Å². The summed E-state index contributed by atoms with van der Waals surface area (Å²) in [4.78, 5) is 10.8. The fourth-order valence-corrected chi connectivity index (χ4v) is 2.30. The average molecular weight is 279 g/mol. The van der Waals surface area contributed by atoms with Gasteiger partial charge in [-0.25, -0.2) is 4.79 Å². The third kappa shape index (κ3) is 3.71. The summed E-state index contributed by atoms with van der Waals surface area (Å²) in [5, 5.41) is 12.2. The molecule has 1 saturated carbocycles. The molecule has 5 nitrogen and oxygen atoms in total. The van der Waals surface area contributed by atoms with Crippen molar-refractivity contribution < 1.29 is 19.4 Å². The van der Waals surface area contributed by atoms with E-state index in [1.165, 1.54) is 12.5 Å². The van der Waals surface area contributed by atoms with Crippen molar-refractivity contribution in [3.8, 4) is 5.75 Å². The van der Waals surface area contributed by atoms with E-state index in [1.54, 1.807) is 25.3 Å². The number of ether oxygens (including phenoxy) is 2. The minimum atomic E-state index is -0.944. The molecule has 0 radical (unpaired) electrons. The minimum Gasteiger partial charge on any atom is -0.492 e. The van der Waals surface area contributed by atoms with Gasteiger partial charge < -0.3 is 19.9 Å². The van der Waals surface area contributed by atoms with Crippen molar-refractivity contribution in [1.82, 2.24) is 5.32 Å². The monoisotopic (exact) mass is 279 g/mol. The predicted octanol–water partition coefficient (Wildman–Crippen LogP) is 1.92. The Bertz CT molecular complexity index is 451. The molecule has 2 N–H and O–H groups in total. The normalized spacial score (nSPS) is 16.4. The number of carbonyl (C=O) groups is 1. The lowest BCUT2D eigenvalue weighted by Gasteiger charge is -2.40. The highest BCUT2D eigenvalue weighted by Gasteiger charge is 2.36. The zero-order valence-corrected chi connectivity index (χ0v) is 11.7. The molecule has 0 unspecified atom stereocenters. The van der Waals surface area contributed by atoms with Crippen LogP contribution >= 0.6 is 0 Å². The SMILES string of the molecule is COC1(CNCCOc2cccc(C(=O)O)c2)CCC1. The van der Waals surface area contributed by atoms with Gasteiger partial charge in [-0.2, -0.15) is 0 Å². The molecule has 1 aliphatic rings. The van der Waals surface area contributed by atoms with Crippen molar-refractivity contribution in [3.63, 3.8) is 0 Å². The molecule has 1 aromatic rings. The largest absolute Gasteiger partial charge is 0.492 e. The first-order chi connectivity index (χ1) is 9.65. The minimum absolute atomic E-state index is 0.0171. The van der Waals surface area contributed by atoms with Gasteiger partial charge in [0, 0.05) is 20.2 Å². The van der Waals surface area contributed by atoms with E-state index in [0.29, 0.717) is 18.9 Å². The van der Waals surface area contributed by atoms with Gasteiger partial charge >= 0.3 is 5.97 Å². The number of benzene rings is 1. The molecular weight excluding hydrogens is 258 g/mol. The van der Waals surface area contributed by atoms with E-state index in [9.17, 15) is 4.79 Å². The number of rotatable bonds is 8. The molecule has 0 aliphatic heterocycles. The summed E-state index contributed by atoms with van der Waals surface area (Å²) in [6, 6.07) is 6.52. The van der Waals surface area contributed by atoms with Gasteiger partial charge in [0.1, 0.15) is 12.4 Å². The smallest absolute Gasteiger partial charge is 0.335 e. The quantitative estimate of drug-likeness (QED) is 0.712. The first kappa shape index (κ1) is 14.8. The second-order valence-electron chi connectivity index (χ2n) is 5.10. The molecule has 1 aromatic carbocycles. The molecule has 1 fully saturated rings. The zero-order valence-electron chi connectivity index (χ0n) is 11.7. The molecule has 0 bridgehead atoms. The molecule has 20 heavy (non-hydrogen) atoms. The van der Waals surface area contributed by atoms with Crippen molar-refractivity contribution in [1.29, 1.82) is 0 Å². The van der Waals surface area contributed by atoms with Gasteiger partial charge in [-0.05, 0) is 37.5 Å². The second kappa shape index (κ2) is 6.72. The summed E-state index contributed by atoms with van der Waals surface area (Å²) >= 11 is 0. The van der Waals surface area contributed by atoms with Crippen molar-refractivity contribution in [2.45, 2.75) is 24.9 Å². The Hall–Kier alpha value is -1.59. The summed E-state index contributed by atoms with van der Waals surface area (Å²) in [6.45, 7) is 2.05. The summed E-state index contributed by atoms with van der Waals surface area (Å²) in [7, 11) is 1.76. The van der Waals surface area contributed by atoms with E-state index in [1.807, 2.05) is 0 Å². The van der Waals surface area contributed by atoms with E-state index in [4.69, 9.17) is 14.6 Å². The Kier molecular flexibility index (Phi) is 4.98. The van der Waals surface area contributed by atoms with E-state index in [0.717, 1.165) is 19.4 Å². The Morgan fingerprint density at radius 3 is 2.85 bits per heavy atom. The number of hydrogen-bond donors (Lipinski definition) is 2. The van der Waals surface area contributed by atoms with E-state index in [2.05, 4.69) is 5.32 Å². The Balaban J connectivity index is 1.68. The number of carboxylic acid groups (broad SMARTS) is 1. The van der Waals surface area contributed by atoms with Crippen LogP contribution in [0, 0.1) is 0 Å². The first-order valence-electron chi connectivity index (χ1n) is 6.87. The number of aromatic carboxylic acids is 1. The van der Waals surface area contributed by atoms with Crippen molar-refractivity contribution in [3.05, 3.63) is 29.8 Å². The zero-order chi connectivity index (χ0) is 14.4. The van der Waals surface area contributed by atoms with Crippen LogP contribution < -0.4 is 10.1 Å². The molecule has 0 saturated heterocycles. The summed E-state index contributed by atoms with van der Waals surface area (Å²) < 4.78 is 11.0. The lowest BCUT2D eigenvalue weighted by atomic mass is 9.80. The Morgan fingerprint density at radius 2 is 2.25 bits per heavy atom. The molecule has 5 heteroatoms. The first-order valence-corrected chi connectivity index (χ1v) is 6.87. The van der Waals surface area contributed by atoms with Crippen LogP contribution in [0.2, 0.25) is 0 Å². The topological polar surface area (TPSA) is 67.8 Å². The second-order valence-corrected chi connectivity index (χ2v) is 5.10. The van der Waals surface area contributed by atoms with Gasteiger partial charge in [0.15, 0.2) is 0 Å². The van der Waals surface area contributed by atoms with E-state index < -0.39 is 5.97 Å². The van der Waals surface area contributed by atoms with Gasteiger partial charge in [-0.15, -0.1) is 0 Å². The molecule has 0 heterocycles. The fourth-order valence-electron chi connectivity index (χ4n) is 2.30. The molecule has 110 valence electrons. The molecular formula is C15H21NO4. The lowest BCUT2D eigenvalue weighted by Crippen LogP contribution is -2.48. The van der Waals surface area contributed by atoms with Crippen LogP contribution in [-0.2, 0) is 4.74 Å². The van der Waals surface area contributed by atoms with Crippen molar-refractivity contribution >= 4 is 5.97 Å². The van der Waals surface area contributed by atoms with Crippen LogP contribution in [0.4, 0.5) is 0 Å². The van der Waals surface area contributed by atoms with Crippen LogP contribution in [0.5, 0.6) is 5.75 Å². The van der Waals surface area contributed by atoms with Gasteiger partial charge in [-0.1, -0.05) is 6.07 Å². The molecule has 0 spiro atoms. The van der Waals surface area contributed by atoms with Gasteiger partial charge in [0.25, 0.3) is 0 Å². The fraction of sp³-hybridized carbons (Fsp3) is 0.533. The summed E-state index contributed by atoms with van der Waals surface area (Å²) in [5.41, 5.74) is 0.256. The van der Waals surface area contributed by atoms with Crippen molar-refractivity contribution in [2.24, 2.45) is 0 Å². The lowest BCUT2D eigenvalue weighted by molar-refractivity contribution is -0.0694. The average Bonchev–Trinajstić information content (AvgIpc) is 2.41. The highest BCUT2D eigenvalue weighted by Crippen LogP contribution is 2.34. The van der Waals surface area contributed by atoms with Gasteiger partial charge in [-0.3, -0.25) is 0 Å². The third-order valence-electron chi connectivity index (χ3n) is 3.77. The number of nitrogens with one attached hydrogen (secondary N) is 1. The van der Waals surface area contributed by atoms with Gasteiger partial charge in [0.2, 0.25) is 0 Å². The van der Waals surface area contributed by atoms with Crippen molar-refractivity contribution in [2.75, 3.05) is 26.8 Å².